The van der Waals surface area contributed by atoms with Crippen molar-refractivity contribution in [3.05, 3.63) is 41.0 Å². The SMILES string of the molecule is CSC(=O)C[C@@H](NC(=O)[C@@H]1C[C@@H](O)CN1C(=O)[C@@H](NC(=O)C1(F)CC1)C(C)(C)C)c1ccc(-c2scnc2C)cc1. The first kappa shape index (κ1) is 31.1. The summed E-state index contributed by atoms with van der Waals surface area (Å²) in [7, 11) is 0. The van der Waals surface area contributed by atoms with Crippen LogP contribution in [0.1, 0.15) is 63.8 Å². The number of aliphatic hydroxyl groups excluding tert-OH is 1. The summed E-state index contributed by atoms with van der Waals surface area (Å²) in [6, 6.07) is 4.77. The van der Waals surface area contributed by atoms with Crippen molar-refractivity contribution >= 4 is 45.9 Å². The van der Waals surface area contributed by atoms with Crippen molar-refractivity contribution in [1.29, 1.82) is 0 Å². The molecule has 2 heterocycles. The molecule has 4 atom stereocenters. The quantitative estimate of drug-likeness (QED) is 0.399. The van der Waals surface area contributed by atoms with E-state index >= 15 is 0 Å². The summed E-state index contributed by atoms with van der Waals surface area (Å²) in [5, 5.41) is 15.8. The molecule has 0 spiro atoms. The van der Waals surface area contributed by atoms with Crippen molar-refractivity contribution in [2.75, 3.05) is 12.8 Å². The first-order chi connectivity index (χ1) is 19.2. The molecule has 0 bridgehead atoms. The minimum Gasteiger partial charge on any atom is -0.391 e. The van der Waals surface area contributed by atoms with E-state index in [4.69, 9.17) is 0 Å². The summed E-state index contributed by atoms with van der Waals surface area (Å²) in [4.78, 5) is 58.9. The van der Waals surface area contributed by atoms with Crippen molar-refractivity contribution in [3.8, 4) is 10.4 Å². The number of aryl methyl sites for hydroxylation is 1. The minimum absolute atomic E-state index is 0.00220. The number of nitrogens with zero attached hydrogens (tertiary/aromatic N) is 2. The molecule has 3 amide bonds. The van der Waals surface area contributed by atoms with Gasteiger partial charge in [0.1, 0.15) is 12.1 Å². The maximum absolute atomic E-state index is 14.4. The van der Waals surface area contributed by atoms with Gasteiger partial charge < -0.3 is 20.6 Å². The van der Waals surface area contributed by atoms with Gasteiger partial charge in [-0.05, 0) is 42.6 Å². The van der Waals surface area contributed by atoms with Crippen LogP contribution in [0.15, 0.2) is 29.8 Å². The number of rotatable bonds is 9. The predicted molar refractivity (Wildman–Crippen MR) is 157 cm³/mol. The van der Waals surface area contributed by atoms with Crippen molar-refractivity contribution in [2.45, 2.75) is 83.3 Å². The smallest absolute Gasteiger partial charge is 0.258 e. The molecule has 1 saturated carbocycles. The van der Waals surface area contributed by atoms with Gasteiger partial charge in [-0.3, -0.25) is 19.2 Å². The normalized spacial score (nSPS) is 21.2. The minimum atomic E-state index is -1.96. The van der Waals surface area contributed by atoms with Gasteiger partial charge in [0.25, 0.3) is 5.91 Å². The first-order valence-corrected chi connectivity index (χ1v) is 15.7. The van der Waals surface area contributed by atoms with Gasteiger partial charge in [-0.25, -0.2) is 9.37 Å². The zero-order valence-electron chi connectivity index (χ0n) is 23.9. The number of benzene rings is 1. The summed E-state index contributed by atoms with van der Waals surface area (Å²) < 4.78 is 14.4. The molecule has 4 rings (SSSR count). The molecule has 3 N–H and O–H groups in total. The van der Waals surface area contributed by atoms with Gasteiger partial charge in [0.15, 0.2) is 10.8 Å². The number of thiazole rings is 1. The number of aromatic nitrogens is 1. The van der Waals surface area contributed by atoms with Crippen LogP contribution in [0.3, 0.4) is 0 Å². The average molecular weight is 605 g/mol. The van der Waals surface area contributed by atoms with Gasteiger partial charge in [-0.2, -0.15) is 0 Å². The fourth-order valence-electron chi connectivity index (χ4n) is 4.93. The van der Waals surface area contributed by atoms with Gasteiger partial charge in [0.2, 0.25) is 11.8 Å². The summed E-state index contributed by atoms with van der Waals surface area (Å²) in [6.45, 7) is 7.07. The van der Waals surface area contributed by atoms with Crippen LogP contribution in [0.5, 0.6) is 0 Å². The van der Waals surface area contributed by atoms with E-state index in [0.717, 1.165) is 33.5 Å². The van der Waals surface area contributed by atoms with E-state index in [9.17, 15) is 28.7 Å². The Morgan fingerprint density at radius 1 is 1.20 bits per heavy atom. The van der Waals surface area contributed by atoms with E-state index in [1.54, 1.807) is 32.5 Å². The standard InChI is InChI=1S/C29H37FN4O5S2/c1-16-23(41-15-31-16)18-8-6-17(7-9-18)20(13-22(36)40-5)32-25(37)21-12-19(35)14-34(21)26(38)24(28(2,3)4)33-27(39)29(30)10-11-29/h6-9,15,19-21,24,35H,10-14H2,1-5H3,(H,32,37)(H,33,39)/t19-,20-,21+,24-/m1/s1. The lowest BCUT2D eigenvalue weighted by atomic mass is 9.85. The number of halogens is 1. The average Bonchev–Trinajstić information content (AvgIpc) is 3.33. The van der Waals surface area contributed by atoms with Crippen LogP contribution in [-0.4, -0.2) is 74.5 Å². The molecule has 1 aromatic heterocycles. The topological polar surface area (TPSA) is 129 Å². The Morgan fingerprint density at radius 2 is 1.85 bits per heavy atom. The van der Waals surface area contributed by atoms with E-state index < -0.39 is 53.0 Å². The van der Waals surface area contributed by atoms with E-state index in [1.165, 1.54) is 16.2 Å². The zero-order valence-corrected chi connectivity index (χ0v) is 25.5. The van der Waals surface area contributed by atoms with Crippen LogP contribution < -0.4 is 10.6 Å². The lowest BCUT2D eigenvalue weighted by Gasteiger charge is -2.36. The Morgan fingerprint density at radius 3 is 2.39 bits per heavy atom. The van der Waals surface area contributed by atoms with Crippen LogP contribution >= 0.6 is 23.1 Å². The van der Waals surface area contributed by atoms with Crippen LogP contribution in [-0.2, 0) is 19.2 Å². The van der Waals surface area contributed by atoms with E-state index in [-0.39, 0.29) is 37.3 Å². The van der Waals surface area contributed by atoms with Crippen LogP contribution in [0.2, 0.25) is 0 Å². The summed E-state index contributed by atoms with van der Waals surface area (Å²) >= 11 is 2.59. The number of hydrogen-bond acceptors (Lipinski definition) is 8. The number of amides is 3. The molecular weight excluding hydrogens is 567 g/mol. The number of likely N-dealkylation sites (tertiary alicyclic amines) is 1. The van der Waals surface area contributed by atoms with Gasteiger partial charge in [-0.15, -0.1) is 11.3 Å². The monoisotopic (exact) mass is 604 g/mol. The fraction of sp³-hybridized carbons (Fsp3) is 0.552. The maximum Gasteiger partial charge on any atom is 0.258 e. The van der Waals surface area contributed by atoms with Gasteiger partial charge in [0, 0.05) is 19.4 Å². The Hall–Kier alpha value is -2.83. The van der Waals surface area contributed by atoms with Crippen molar-refractivity contribution < 1.29 is 28.7 Å². The second kappa shape index (κ2) is 12.2. The number of alkyl halides is 1. The largest absolute Gasteiger partial charge is 0.391 e. The molecule has 41 heavy (non-hydrogen) atoms. The number of nitrogens with one attached hydrogen (secondary N) is 2. The second-order valence-electron chi connectivity index (χ2n) is 11.9. The van der Waals surface area contributed by atoms with Crippen molar-refractivity contribution in [2.24, 2.45) is 5.41 Å². The Kier molecular flexibility index (Phi) is 9.25. The third-order valence-corrected chi connectivity index (χ3v) is 9.18. The highest BCUT2D eigenvalue weighted by molar-refractivity contribution is 8.13. The van der Waals surface area contributed by atoms with Crippen LogP contribution in [0.4, 0.5) is 4.39 Å². The van der Waals surface area contributed by atoms with E-state index in [0.29, 0.717) is 0 Å². The molecular formula is C29H37FN4O5S2. The van der Waals surface area contributed by atoms with Crippen molar-refractivity contribution in [1.82, 2.24) is 20.5 Å². The van der Waals surface area contributed by atoms with Gasteiger partial charge >= 0.3 is 0 Å². The Bertz CT molecular complexity index is 1310. The highest BCUT2D eigenvalue weighted by Gasteiger charge is 2.53. The first-order valence-electron chi connectivity index (χ1n) is 13.6. The summed E-state index contributed by atoms with van der Waals surface area (Å²) in [6.07, 6.45) is 0.983. The zero-order chi connectivity index (χ0) is 30.1. The number of aliphatic hydroxyl groups is 1. The molecule has 0 radical (unpaired) electrons. The third-order valence-electron chi connectivity index (χ3n) is 7.58. The number of β-amino-alcohol motifs (C(OH)–C–C–N with tert-alkyl or cyclic N) is 1. The maximum atomic E-state index is 14.4. The number of thioether (sulfide) groups is 1. The molecule has 2 fully saturated rings. The highest BCUT2D eigenvalue weighted by Crippen LogP contribution is 2.40. The molecule has 1 aliphatic heterocycles. The van der Waals surface area contributed by atoms with Gasteiger partial charge in [0.05, 0.1) is 28.2 Å². The van der Waals surface area contributed by atoms with Crippen LogP contribution in [0, 0.1) is 12.3 Å². The fourth-order valence-corrected chi connectivity index (χ4v) is 6.08. The summed E-state index contributed by atoms with van der Waals surface area (Å²) in [5.74, 6) is -1.91. The lowest BCUT2D eigenvalue weighted by molar-refractivity contribution is -0.145. The molecule has 222 valence electrons. The molecule has 1 aromatic carbocycles. The van der Waals surface area contributed by atoms with Crippen molar-refractivity contribution in [3.63, 3.8) is 0 Å². The molecule has 0 unspecified atom stereocenters. The predicted octanol–water partition coefficient (Wildman–Crippen LogP) is 3.55. The lowest BCUT2D eigenvalue weighted by Crippen LogP contribution is -2.59. The van der Waals surface area contributed by atoms with Gasteiger partial charge in [-0.1, -0.05) is 56.8 Å². The molecule has 9 nitrogen and oxygen atoms in total. The third kappa shape index (κ3) is 7.15. The van der Waals surface area contributed by atoms with Crippen LogP contribution in [0.25, 0.3) is 10.4 Å². The second-order valence-corrected chi connectivity index (χ2v) is 13.6. The number of hydrogen-bond donors (Lipinski definition) is 3. The number of carbonyl (C=O) groups excluding carboxylic acids is 4. The molecule has 1 aliphatic carbocycles. The molecule has 12 heteroatoms. The Balaban J connectivity index is 1.54. The molecule has 2 aromatic rings. The highest BCUT2D eigenvalue weighted by atomic mass is 32.2. The van der Waals surface area contributed by atoms with E-state index in [1.807, 2.05) is 31.2 Å². The summed E-state index contributed by atoms with van der Waals surface area (Å²) in [5.41, 5.74) is 1.65. The molecule has 2 aliphatic rings. The Labute approximate surface area is 247 Å². The number of carbonyl (C=O) groups is 4. The van der Waals surface area contributed by atoms with E-state index in [2.05, 4.69) is 15.6 Å². The molecule has 1 saturated heterocycles.